The van der Waals surface area contributed by atoms with Crippen molar-refractivity contribution in [1.82, 2.24) is 4.90 Å². The Morgan fingerprint density at radius 1 is 1.41 bits per heavy atom. The standard InChI is InChI=1S/C14H19NO2/c1-10-3-4-12(7-11(10)2)8-14(17)15-6-5-13(16)9-15/h3-4,7,13,16H,5-6,8-9H2,1-2H3. The molecule has 1 saturated heterocycles. The van der Waals surface area contributed by atoms with Crippen molar-refractivity contribution in [2.75, 3.05) is 13.1 Å². The van der Waals surface area contributed by atoms with Crippen LogP contribution in [0, 0.1) is 13.8 Å². The second kappa shape index (κ2) is 4.88. The quantitative estimate of drug-likeness (QED) is 0.839. The van der Waals surface area contributed by atoms with Gasteiger partial charge in [0.15, 0.2) is 0 Å². The van der Waals surface area contributed by atoms with Crippen LogP contribution < -0.4 is 0 Å². The number of aliphatic hydroxyl groups excluding tert-OH is 1. The molecule has 92 valence electrons. The molecule has 1 fully saturated rings. The van der Waals surface area contributed by atoms with E-state index in [9.17, 15) is 9.90 Å². The Kier molecular flexibility index (Phi) is 3.48. The highest BCUT2D eigenvalue weighted by Gasteiger charge is 2.24. The maximum atomic E-state index is 12.0. The second-order valence-electron chi connectivity index (χ2n) is 4.88. The number of aliphatic hydroxyl groups is 1. The summed E-state index contributed by atoms with van der Waals surface area (Å²) in [7, 11) is 0. The average Bonchev–Trinajstić information content (AvgIpc) is 2.70. The van der Waals surface area contributed by atoms with Gasteiger partial charge in [-0.15, -0.1) is 0 Å². The van der Waals surface area contributed by atoms with E-state index in [-0.39, 0.29) is 12.0 Å². The zero-order valence-corrected chi connectivity index (χ0v) is 10.4. The van der Waals surface area contributed by atoms with Crippen molar-refractivity contribution in [2.45, 2.75) is 32.8 Å². The molecule has 0 aliphatic carbocycles. The molecular weight excluding hydrogens is 214 g/mol. The van der Waals surface area contributed by atoms with E-state index < -0.39 is 0 Å². The van der Waals surface area contributed by atoms with Gasteiger partial charge >= 0.3 is 0 Å². The monoisotopic (exact) mass is 233 g/mol. The van der Waals surface area contributed by atoms with Crippen LogP contribution in [-0.2, 0) is 11.2 Å². The molecular formula is C14H19NO2. The minimum Gasteiger partial charge on any atom is -0.391 e. The first-order chi connectivity index (χ1) is 8.06. The molecule has 0 radical (unpaired) electrons. The van der Waals surface area contributed by atoms with Gasteiger partial charge in [0.2, 0.25) is 5.91 Å². The second-order valence-corrected chi connectivity index (χ2v) is 4.88. The fourth-order valence-corrected chi connectivity index (χ4v) is 2.17. The van der Waals surface area contributed by atoms with Gasteiger partial charge in [-0.25, -0.2) is 0 Å². The highest BCUT2D eigenvalue weighted by molar-refractivity contribution is 5.79. The van der Waals surface area contributed by atoms with E-state index in [1.54, 1.807) is 4.90 Å². The Morgan fingerprint density at radius 3 is 2.76 bits per heavy atom. The summed E-state index contributed by atoms with van der Waals surface area (Å²) in [5.41, 5.74) is 3.52. The lowest BCUT2D eigenvalue weighted by Crippen LogP contribution is -2.30. The molecule has 0 spiro atoms. The summed E-state index contributed by atoms with van der Waals surface area (Å²) in [5.74, 6) is 0.116. The molecule has 1 aliphatic heterocycles. The molecule has 1 amide bonds. The van der Waals surface area contributed by atoms with Gasteiger partial charge in [-0.1, -0.05) is 18.2 Å². The van der Waals surface area contributed by atoms with Gasteiger partial charge < -0.3 is 10.0 Å². The van der Waals surface area contributed by atoms with Crippen molar-refractivity contribution in [1.29, 1.82) is 0 Å². The van der Waals surface area contributed by atoms with E-state index in [0.29, 0.717) is 25.9 Å². The van der Waals surface area contributed by atoms with Crippen LogP contribution in [0.5, 0.6) is 0 Å². The highest BCUT2D eigenvalue weighted by atomic mass is 16.3. The van der Waals surface area contributed by atoms with E-state index in [0.717, 1.165) is 5.56 Å². The Balaban J connectivity index is 2.00. The molecule has 3 nitrogen and oxygen atoms in total. The number of rotatable bonds is 2. The lowest BCUT2D eigenvalue weighted by molar-refractivity contribution is -0.129. The first-order valence-electron chi connectivity index (χ1n) is 6.08. The van der Waals surface area contributed by atoms with Crippen molar-refractivity contribution in [3.8, 4) is 0 Å². The first kappa shape index (κ1) is 12.1. The largest absolute Gasteiger partial charge is 0.391 e. The molecule has 0 bridgehead atoms. The van der Waals surface area contributed by atoms with Crippen LogP contribution in [0.3, 0.4) is 0 Å². The fourth-order valence-electron chi connectivity index (χ4n) is 2.17. The van der Waals surface area contributed by atoms with Crippen LogP contribution in [0.4, 0.5) is 0 Å². The van der Waals surface area contributed by atoms with E-state index in [1.807, 2.05) is 6.07 Å². The van der Waals surface area contributed by atoms with Crippen molar-refractivity contribution < 1.29 is 9.90 Å². The summed E-state index contributed by atoms with van der Waals surface area (Å²) in [6, 6.07) is 6.13. The van der Waals surface area contributed by atoms with Crippen molar-refractivity contribution in [3.05, 3.63) is 34.9 Å². The number of likely N-dealkylation sites (tertiary alicyclic amines) is 1. The van der Waals surface area contributed by atoms with Crippen LogP contribution in [0.2, 0.25) is 0 Å². The third-order valence-electron chi connectivity index (χ3n) is 3.44. The molecule has 1 heterocycles. The van der Waals surface area contributed by atoms with Gasteiger partial charge in [0.25, 0.3) is 0 Å². The van der Waals surface area contributed by atoms with Gasteiger partial charge in [0.1, 0.15) is 0 Å². The molecule has 0 saturated carbocycles. The molecule has 1 atom stereocenters. The minimum atomic E-state index is -0.335. The van der Waals surface area contributed by atoms with Crippen molar-refractivity contribution in [2.24, 2.45) is 0 Å². The summed E-state index contributed by atoms with van der Waals surface area (Å²) in [6.07, 6.45) is 0.811. The predicted octanol–water partition coefficient (Wildman–Crippen LogP) is 1.44. The Labute approximate surface area is 102 Å². The number of hydrogen-bond acceptors (Lipinski definition) is 2. The third kappa shape index (κ3) is 2.86. The van der Waals surface area contributed by atoms with E-state index in [1.165, 1.54) is 11.1 Å². The molecule has 1 unspecified atom stereocenters. The maximum absolute atomic E-state index is 12.0. The fraction of sp³-hybridized carbons (Fsp3) is 0.500. The molecule has 1 N–H and O–H groups in total. The van der Waals surface area contributed by atoms with Gasteiger partial charge in [-0.3, -0.25) is 4.79 Å². The smallest absolute Gasteiger partial charge is 0.227 e. The van der Waals surface area contributed by atoms with Gasteiger partial charge in [0.05, 0.1) is 12.5 Å². The van der Waals surface area contributed by atoms with Crippen LogP contribution in [-0.4, -0.2) is 35.1 Å². The summed E-state index contributed by atoms with van der Waals surface area (Å²) in [6.45, 7) is 5.30. The molecule has 1 aliphatic rings. The number of β-amino-alcohol motifs (C(OH)–C–C–N with tert-alkyl or cyclic N) is 1. The minimum absolute atomic E-state index is 0.116. The average molecular weight is 233 g/mol. The first-order valence-corrected chi connectivity index (χ1v) is 6.08. The maximum Gasteiger partial charge on any atom is 0.227 e. The molecule has 2 rings (SSSR count). The van der Waals surface area contributed by atoms with Gasteiger partial charge in [0, 0.05) is 13.1 Å². The topological polar surface area (TPSA) is 40.5 Å². The number of carbonyl (C=O) groups excluding carboxylic acids is 1. The van der Waals surface area contributed by atoms with E-state index in [2.05, 4.69) is 26.0 Å². The van der Waals surface area contributed by atoms with Crippen LogP contribution >= 0.6 is 0 Å². The van der Waals surface area contributed by atoms with Crippen molar-refractivity contribution >= 4 is 5.91 Å². The number of carbonyl (C=O) groups is 1. The Hall–Kier alpha value is -1.35. The Morgan fingerprint density at radius 2 is 2.18 bits per heavy atom. The third-order valence-corrected chi connectivity index (χ3v) is 3.44. The van der Waals surface area contributed by atoms with Gasteiger partial charge in [-0.2, -0.15) is 0 Å². The van der Waals surface area contributed by atoms with Crippen molar-refractivity contribution in [3.63, 3.8) is 0 Å². The van der Waals surface area contributed by atoms with E-state index in [4.69, 9.17) is 0 Å². The predicted molar refractivity (Wildman–Crippen MR) is 66.8 cm³/mol. The lowest BCUT2D eigenvalue weighted by Gasteiger charge is -2.15. The summed E-state index contributed by atoms with van der Waals surface area (Å²) in [4.78, 5) is 13.7. The number of benzene rings is 1. The normalized spacial score (nSPS) is 19.7. The van der Waals surface area contributed by atoms with Gasteiger partial charge in [-0.05, 0) is 37.0 Å². The number of nitrogens with zero attached hydrogens (tertiary/aromatic N) is 1. The molecule has 3 heteroatoms. The number of hydrogen-bond donors (Lipinski definition) is 1. The summed E-state index contributed by atoms with van der Waals surface area (Å²) < 4.78 is 0. The van der Waals surface area contributed by atoms with Crippen LogP contribution in [0.15, 0.2) is 18.2 Å². The Bertz CT molecular complexity index is 428. The summed E-state index contributed by atoms with van der Waals surface area (Å²) in [5, 5.41) is 9.40. The van der Waals surface area contributed by atoms with Crippen LogP contribution in [0.1, 0.15) is 23.1 Å². The molecule has 17 heavy (non-hydrogen) atoms. The van der Waals surface area contributed by atoms with Crippen LogP contribution in [0.25, 0.3) is 0 Å². The zero-order chi connectivity index (χ0) is 12.4. The molecule has 1 aromatic rings. The molecule has 0 aromatic heterocycles. The zero-order valence-electron chi connectivity index (χ0n) is 10.4. The highest BCUT2D eigenvalue weighted by Crippen LogP contribution is 2.14. The summed E-state index contributed by atoms with van der Waals surface area (Å²) >= 11 is 0. The lowest BCUT2D eigenvalue weighted by atomic mass is 10.0. The van der Waals surface area contributed by atoms with E-state index >= 15 is 0 Å². The number of amides is 1. The SMILES string of the molecule is Cc1ccc(CC(=O)N2CCC(O)C2)cc1C. The molecule has 1 aromatic carbocycles. The number of aryl methyl sites for hydroxylation is 2.